The molecule has 0 unspecified atom stereocenters. The van der Waals surface area contributed by atoms with E-state index in [9.17, 15) is 14.7 Å². The van der Waals surface area contributed by atoms with Crippen molar-refractivity contribution in [2.24, 2.45) is 5.10 Å². The maximum Gasteiger partial charge on any atom is 0.329 e. The Kier molecular flexibility index (Phi) is 5.75. The summed E-state index contributed by atoms with van der Waals surface area (Å²) in [6, 6.07) is 11.1. The second-order valence-corrected chi connectivity index (χ2v) is 4.99. The molecule has 2 amide bonds. The summed E-state index contributed by atoms with van der Waals surface area (Å²) in [6.07, 6.45) is 1.20. The van der Waals surface area contributed by atoms with Crippen LogP contribution in [-0.2, 0) is 9.59 Å². The van der Waals surface area contributed by atoms with Gasteiger partial charge >= 0.3 is 11.8 Å². The average Bonchev–Trinajstić information content (AvgIpc) is 2.58. The summed E-state index contributed by atoms with van der Waals surface area (Å²) in [7, 11) is 1.42. The first-order valence-corrected chi connectivity index (χ1v) is 7.15. The number of benzene rings is 2. The molecule has 0 atom stereocenters. The Morgan fingerprint density at radius 2 is 1.88 bits per heavy atom. The molecule has 2 aromatic carbocycles. The van der Waals surface area contributed by atoms with E-state index in [1.165, 1.54) is 13.3 Å². The molecule has 7 nitrogen and oxygen atoms in total. The third-order valence-electron chi connectivity index (χ3n) is 2.93. The molecule has 0 saturated heterocycles. The van der Waals surface area contributed by atoms with Crippen molar-refractivity contribution in [3.05, 3.63) is 53.1 Å². The number of phenols is 1. The van der Waals surface area contributed by atoms with Crippen LogP contribution >= 0.6 is 11.6 Å². The van der Waals surface area contributed by atoms with Gasteiger partial charge in [0.1, 0.15) is 0 Å². The molecule has 0 heterocycles. The number of ether oxygens (including phenoxy) is 1. The average molecular weight is 348 g/mol. The van der Waals surface area contributed by atoms with Crippen LogP contribution in [0.1, 0.15) is 5.56 Å². The number of carbonyl (C=O) groups is 2. The molecule has 0 aromatic heterocycles. The molecule has 0 aliphatic heterocycles. The van der Waals surface area contributed by atoms with Crippen LogP contribution in [0.4, 0.5) is 5.69 Å². The number of nitrogens with zero attached hydrogens (tertiary/aromatic N) is 1. The Hall–Kier alpha value is -3.06. The summed E-state index contributed by atoms with van der Waals surface area (Å²) >= 11 is 5.73. The third-order valence-corrected chi connectivity index (χ3v) is 3.18. The van der Waals surface area contributed by atoms with Crippen LogP contribution in [0.3, 0.4) is 0 Å². The van der Waals surface area contributed by atoms with E-state index in [1.807, 2.05) is 0 Å². The number of carbonyl (C=O) groups excluding carboxylic acids is 2. The molecule has 0 aliphatic rings. The highest BCUT2D eigenvalue weighted by Crippen LogP contribution is 2.27. The van der Waals surface area contributed by atoms with Gasteiger partial charge in [-0.2, -0.15) is 5.10 Å². The largest absolute Gasteiger partial charge is 0.504 e. The number of amides is 2. The fraction of sp³-hybridized carbons (Fsp3) is 0.0625. The van der Waals surface area contributed by atoms with Crippen LogP contribution < -0.4 is 15.5 Å². The van der Waals surface area contributed by atoms with Gasteiger partial charge in [0.05, 0.1) is 13.3 Å². The van der Waals surface area contributed by atoms with Crippen LogP contribution in [0, 0.1) is 0 Å². The molecule has 124 valence electrons. The smallest absolute Gasteiger partial charge is 0.329 e. The third kappa shape index (κ3) is 4.47. The number of rotatable bonds is 4. The van der Waals surface area contributed by atoms with E-state index >= 15 is 0 Å². The van der Waals surface area contributed by atoms with E-state index in [0.717, 1.165) is 0 Å². The molecule has 8 heteroatoms. The number of aromatic hydroxyl groups is 1. The predicted molar refractivity (Wildman–Crippen MR) is 90.5 cm³/mol. The maximum atomic E-state index is 11.7. The highest BCUT2D eigenvalue weighted by Gasteiger charge is 2.13. The zero-order chi connectivity index (χ0) is 17.5. The number of hydrogen-bond donors (Lipinski definition) is 3. The number of para-hydroxylation sites is 1. The Balaban J connectivity index is 1.95. The number of halogens is 1. The van der Waals surface area contributed by atoms with Gasteiger partial charge in [-0.1, -0.05) is 17.7 Å². The minimum absolute atomic E-state index is 0.122. The van der Waals surface area contributed by atoms with E-state index in [-0.39, 0.29) is 11.5 Å². The molecule has 0 radical (unpaired) electrons. The standard InChI is InChI=1S/C16H14ClN3O4/c1-24-13-4-2-3-10(14(13)21)9-18-20-16(23)15(22)19-12-7-5-11(17)6-8-12/h2-9,21H,1H3,(H,19,22)(H,20,23)/b18-9+. The van der Waals surface area contributed by atoms with Gasteiger partial charge in [0.15, 0.2) is 11.5 Å². The van der Waals surface area contributed by atoms with E-state index < -0.39 is 11.8 Å². The van der Waals surface area contributed by atoms with Gasteiger partial charge in [0.25, 0.3) is 0 Å². The quantitative estimate of drug-likeness (QED) is 0.448. The molecule has 0 spiro atoms. The van der Waals surface area contributed by atoms with Crippen molar-refractivity contribution < 1.29 is 19.4 Å². The number of hydrazone groups is 1. The lowest BCUT2D eigenvalue weighted by atomic mass is 10.2. The van der Waals surface area contributed by atoms with Gasteiger partial charge in [-0.05, 0) is 36.4 Å². The van der Waals surface area contributed by atoms with E-state index in [4.69, 9.17) is 16.3 Å². The fourth-order valence-corrected chi connectivity index (χ4v) is 1.87. The molecule has 2 rings (SSSR count). The summed E-state index contributed by atoms with van der Waals surface area (Å²) in [4.78, 5) is 23.4. The monoisotopic (exact) mass is 347 g/mol. The van der Waals surface area contributed by atoms with Crippen LogP contribution in [-0.4, -0.2) is 30.2 Å². The van der Waals surface area contributed by atoms with E-state index in [2.05, 4.69) is 15.8 Å². The van der Waals surface area contributed by atoms with E-state index in [0.29, 0.717) is 16.3 Å². The first-order valence-electron chi connectivity index (χ1n) is 6.77. The van der Waals surface area contributed by atoms with Crippen LogP contribution in [0.2, 0.25) is 5.02 Å². The second-order valence-electron chi connectivity index (χ2n) is 4.56. The van der Waals surface area contributed by atoms with Gasteiger partial charge in [-0.15, -0.1) is 0 Å². The van der Waals surface area contributed by atoms with Crippen molar-refractivity contribution in [2.45, 2.75) is 0 Å². The summed E-state index contributed by atoms with van der Waals surface area (Å²) in [5.74, 6) is -1.69. The molecule has 0 saturated carbocycles. The molecular formula is C16H14ClN3O4. The Labute approximate surface area is 142 Å². The van der Waals surface area contributed by atoms with Crippen molar-refractivity contribution in [3.63, 3.8) is 0 Å². The fourth-order valence-electron chi connectivity index (χ4n) is 1.74. The van der Waals surface area contributed by atoms with Crippen molar-refractivity contribution in [2.75, 3.05) is 12.4 Å². The van der Waals surface area contributed by atoms with Crippen molar-refractivity contribution in [1.29, 1.82) is 0 Å². The Morgan fingerprint density at radius 1 is 1.17 bits per heavy atom. The summed E-state index contributed by atoms with van der Waals surface area (Å²) < 4.78 is 4.95. The SMILES string of the molecule is COc1cccc(/C=N/NC(=O)C(=O)Nc2ccc(Cl)cc2)c1O. The molecule has 24 heavy (non-hydrogen) atoms. The second kappa shape index (κ2) is 7.98. The molecule has 0 bridgehead atoms. The predicted octanol–water partition coefficient (Wildman–Crippen LogP) is 2.14. The van der Waals surface area contributed by atoms with Gasteiger partial charge in [0.2, 0.25) is 0 Å². The number of hydrogen-bond acceptors (Lipinski definition) is 5. The van der Waals surface area contributed by atoms with Crippen molar-refractivity contribution in [1.82, 2.24) is 5.43 Å². The highest BCUT2D eigenvalue weighted by atomic mass is 35.5. The zero-order valence-corrected chi connectivity index (χ0v) is 13.4. The maximum absolute atomic E-state index is 11.7. The van der Waals surface area contributed by atoms with Crippen LogP contribution in [0.15, 0.2) is 47.6 Å². The van der Waals surface area contributed by atoms with Crippen LogP contribution in [0.5, 0.6) is 11.5 Å². The topological polar surface area (TPSA) is 100 Å². The summed E-state index contributed by atoms with van der Waals surface area (Å²) in [5, 5.41) is 16.4. The zero-order valence-electron chi connectivity index (χ0n) is 12.6. The Bertz CT molecular complexity index is 775. The lowest BCUT2D eigenvalue weighted by Gasteiger charge is -2.05. The molecule has 0 aliphatic carbocycles. The number of nitrogens with one attached hydrogen (secondary N) is 2. The number of anilines is 1. The minimum Gasteiger partial charge on any atom is -0.504 e. The van der Waals surface area contributed by atoms with E-state index in [1.54, 1.807) is 42.5 Å². The van der Waals surface area contributed by atoms with Gasteiger partial charge in [0, 0.05) is 16.3 Å². The minimum atomic E-state index is -0.955. The number of phenolic OH excluding ortho intramolecular Hbond substituents is 1. The molecular weight excluding hydrogens is 334 g/mol. The lowest BCUT2D eigenvalue weighted by molar-refractivity contribution is -0.136. The number of methoxy groups -OCH3 is 1. The van der Waals surface area contributed by atoms with Gasteiger partial charge in [-0.25, -0.2) is 5.43 Å². The first-order chi connectivity index (χ1) is 11.5. The van der Waals surface area contributed by atoms with Gasteiger partial charge in [-0.3, -0.25) is 9.59 Å². The molecule has 0 fully saturated rings. The molecule has 3 N–H and O–H groups in total. The van der Waals surface area contributed by atoms with Crippen molar-refractivity contribution in [3.8, 4) is 11.5 Å². The van der Waals surface area contributed by atoms with Crippen molar-refractivity contribution >= 4 is 35.3 Å². The van der Waals surface area contributed by atoms with Gasteiger partial charge < -0.3 is 15.2 Å². The molecule has 2 aromatic rings. The lowest BCUT2D eigenvalue weighted by Crippen LogP contribution is -2.32. The van der Waals surface area contributed by atoms with Crippen LogP contribution in [0.25, 0.3) is 0 Å². The Morgan fingerprint density at radius 3 is 2.54 bits per heavy atom. The summed E-state index contributed by atoms with van der Waals surface area (Å²) in [6.45, 7) is 0. The highest BCUT2D eigenvalue weighted by molar-refractivity contribution is 6.39. The first kappa shape index (κ1) is 17.3. The normalized spacial score (nSPS) is 10.4. The summed E-state index contributed by atoms with van der Waals surface area (Å²) in [5.41, 5.74) is 2.82.